The van der Waals surface area contributed by atoms with Crippen molar-refractivity contribution in [2.24, 2.45) is 11.8 Å². The van der Waals surface area contributed by atoms with Crippen LogP contribution in [0, 0.1) is 11.8 Å². The molecule has 0 amide bonds. The van der Waals surface area contributed by atoms with Gasteiger partial charge in [0.1, 0.15) is 18.1 Å². The van der Waals surface area contributed by atoms with Crippen LogP contribution in [-0.2, 0) is 5.54 Å². The summed E-state index contributed by atoms with van der Waals surface area (Å²) in [5.41, 5.74) is 5.62. The second kappa shape index (κ2) is 6.58. The first-order valence-corrected chi connectivity index (χ1v) is 9.42. The lowest BCUT2D eigenvalue weighted by Crippen LogP contribution is -2.40. The molecular weight excluding hydrogens is 392 g/mol. The number of rotatable bonds is 5. The van der Waals surface area contributed by atoms with Gasteiger partial charge in [-0.1, -0.05) is 13.8 Å². The molecule has 3 aliphatic carbocycles. The van der Waals surface area contributed by atoms with E-state index >= 15 is 0 Å². The molecule has 2 aromatic rings. The van der Waals surface area contributed by atoms with Gasteiger partial charge in [-0.3, -0.25) is 0 Å². The summed E-state index contributed by atoms with van der Waals surface area (Å²) in [4.78, 5) is 8.26. The fourth-order valence-electron chi connectivity index (χ4n) is 4.39. The summed E-state index contributed by atoms with van der Waals surface area (Å²) < 4.78 is 57.7. The Morgan fingerprint density at radius 3 is 2.55 bits per heavy atom. The van der Waals surface area contributed by atoms with E-state index in [0.29, 0.717) is 30.8 Å². The average Bonchev–Trinajstić information content (AvgIpc) is 3.24. The first-order valence-electron chi connectivity index (χ1n) is 9.42. The van der Waals surface area contributed by atoms with Crippen LogP contribution in [0.3, 0.4) is 0 Å². The van der Waals surface area contributed by atoms with E-state index in [0.717, 1.165) is 6.07 Å². The molecule has 2 heterocycles. The van der Waals surface area contributed by atoms with Gasteiger partial charge in [0.15, 0.2) is 11.6 Å². The molecule has 2 atom stereocenters. The van der Waals surface area contributed by atoms with Gasteiger partial charge in [0.05, 0.1) is 5.69 Å². The zero-order valence-electron chi connectivity index (χ0n) is 15.9. The lowest BCUT2D eigenvalue weighted by atomic mass is 9.76. The SMILES string of the molecule is CC(C)[C@H](O)c1nc(-c2cnc(N)c(OC(F)(F)F)c2)cn1C12CC(C1)[C@@H](F)C2. The molecule has 3 aliphatic rings. The zero-order valence-corrected chi connectivity index (χ0v) is 15.9. The zero-order chi connectivity index (χ0) is 21.1. The van der Waals surface area contributed by atoms with Crippen molar-refractivity contribution in [3.63, 3.8) is 0 Å². The number of alkyl halides is 4. The fraction of sp³-hybridized carbons (Fsp3) is 0.579. The summed E-state index contributed by atoms with van der Waals surface area (Å²) in [5.74, 6) is -0.786. The number of nitrogen functional groups attached to an aromatic ring is 1. The Kier molecular flexibility index (Phi) is 4.52. The van der Waals surface area contributed by atoms with Gasteiger partial charge in [0, 0.05) is 29.9 Å². The molecule has 10 heteroatoms. The summed E-state index contributed by atoms with van der Waals surface area (Å²) in [7, 11) is 0. The van der Waals surface area contributed by atoms with E-state index in [1.54, 1.807) is 6.20 Å². The number of aliphatic hydroxyl groups is 1. The molecule has 0 unspecified atom stereocenters. The van der Waals surface area contributed by atoms with Crippen molar-refractivity contribution in [1.82, 2.24) is 14.5 Å². The van der Waals surface area contributed by atoms with Crippen molar-refractivity contribution >= 4 is 5.82 Å². The Bertz CT molecular complexity index is 921. The summed E-state index contributed by atoms with van der Waals surface area (Å²) in [6.45, 7) is 3.66. The van der Waals surface area contributed by atoms with E-state index in [1.165, 1.54) is 6.20 Å². The molecule has 5 rings (SSSR count). The molecule has 3 fully saturated rings. The second-order valence-corrected chi connectivity index (χ2v) is 8.31. The Labute approximate surface area is 164 Å². The summed E-state index contributed by atoms with van der Waals surface area (Å²) in [6.07, 6.45) is -2.10. The van der Waals surface area contributed by atoms with Crippen LogP contribution in [0.5, 0.6) is 5.75 Å². The van der Waals surface area contributed by atoms with Gasteiger partial charge in [-0.05, 0) is 30.7 Å². The normalized spacial score (nSPS) is 27.2. The molecule has 2 bridgehead atoms. The molecule has 2 aromatic heterocycles. The minimum Gasteiger partial charge on any atom is -0.402 e. The predicted molar refractivity (Wildman–Crippen MR) is 96.6 cm³/mol. The van der Waals surface area contributed by atoms with Gasteiger partial charge in [0.25, 0.3) is 0 Å². The predicted octanol–water partition coefficient (Wildman–Crippen LogP) is 3.96. The standard InChI is InChI=1S/C19H22F4N4O2/c1-9(2)15(28)17-26-13(8-27(17)18-4-11(5-18)12(20)6-18)10-3-14(16(24)25-7-10)29-19(21,22)23/h3,7-9,11-12,15,28H,4-6H2,1-2H3,(H2,24,25)/t11?,12-,15-,18?/m0/s1. The number of imidazole rings is 1. The van der Waals surface area contributed by atoms with Gasteiger partial charge in [0.2, 0.25) is 0 Å². The Balaban J connectivity index is 1.76. The molecule has 158 valence electrons. The van der Waals surface area contributed by atoms with Crippen molar-refractivity contribution in [1.29, 1.82) is 0 Å². The largest absolute Gasteiger partial charge is 0.573 e. The third-order valence-corrected chi connectivity index (χ3v) is 5.91. The fourth-order valence-corrected chi connectivity index (χ4v) is 4.39. The van der Waals surface area contributed by atoms with Gasteiger partial charge >= 0.3 is 6.36 Å². The number of hydrogen-bond acceptors (Lipinski definition) is 5. The first kappa shape index (κ1) is 19.9. The van der Waals surface area contributed by atoms with Crippen LogP contribution in [0.1, 0.15) is 45.0 Å². The lowest BCUT2D eigenvalue weighted by molar-refractivity contribution is -0.274. The van der Waals surface area contributed by atoms with Crippen molar-refractivity contribution in [2.45, 2.75) is 57.3 Å². The maximum absolute atomic E-state index is 14.1. The molecule has 0 saturated heterocycles. The number of nitrogens with two attached hydrogens (primary N) is 1. The van der Waals surface area contributed by atoms with Crippen LogP contribution in [0.4, 0.5) is 23.4 Å². The molecule has 3 saturated carbocycles. The third-order valence-electron chi connectivity index (χ3n) is 5.91. The molecular formula is C19H22F4N4O2. The molecule has 0 radical (unpaired) electrons. The molecule has 29 heavy (non-hydrogen) atoms. The maximum Gasteiger partial charge on any atom is 0.573 e. The lowest BCUT2D eigenvalue weighted by Gasteiger charge is -2.41. The average molecular weight is 414 g/mol. The van der Waals surface area contributed by atoms with Gasteiger partial charge in [-0.25, -0.2) is 14.4 Å². The molecule has 0 aliphatic heterocycles. The summed E-state index contributed by atoms with van der Waals surface area (Å²) >= 11 is 0. The monoisotopic (exact) mass is 414 g/mol. The highest BCUT2D eigenvalue weighted by Crippen LogP contribution is 2.59. The van der Waals surface area contributed by atoms with E-state index in [9.17, 15) is 22.7 Å². The molecule has 6 nitrogen and oxygen atoms in total. The minimum absolute atomic E-state index is 0.00914. The molecule has 0 spiro atoms. The van der Waals surface area contributed by atoms with Crippen LogP contribution in [0.2, 0.25) is 0 Å². The van der Waals surface area contributed by atoms with Gasteiger partial charge in [-0.2, -0.15) is 0 Å². The highest BCUT2D eigenvalue weighted by atomic mass is 19.4. The first-order chi connectivity index (χ1) is 13.5. The minimum atomic E-state index is -4.91. The Hall–Kier alpha value is -2.36. The van der Waals surface area contributed by atoms with Crippen molar-refractivity contribution in [2.75, 3.05) is 5.73 Å². The number of aliphatic hydroxyl groups excluding tert-OH is 1. The van der Waals surface area contributed by atoms with E-state index in [1.807, 2.05) is 18.4 Å². The molecule has 0 aromatic carbocycles. The number of pyridine rings is 1. The highest BCUT2D eigenvalue weighted by molar-refractivity contribution is 5.64. The van der Waals surface area contributed by atoms with Crippen molar-refractivity contribution < 1.29 is 27.4 Å². The number of anilines is 1. The van der Waals surface area contributed by atoms with Crippen molar-refractivity contribution in [3.05, 3.63) is 24.3 Å². The Morgan fingerprint density at radius 2 is 2.00 bits per heavy atom. The van der Waals surface area contributed by atoms with E-state index in [-0.39, 0.29) is 17.4 Å². The number of nitrogens with zero attached hydrogens (tertiary/aromatic N) is 3. The van der Waals surface area contributed by atoms with Crippen LogP contribution < -0.4 is 10.5 Å². The quantitative estimate of drug-likeness (QED) is 0.724. The number of hydrogen-bond donors (Lipinski definition) is 2. The van der Waals surface area contributed by atoms with Crippen LogP contribution in [0.25, 0.3) is 11.3 Å². The van der Waals surface area contributed by atoms with Crippen LogP contribution in [0.15, 0.2) is 18.5 Å². The van der Waals surface area contributed by atoms with Crippen molar-refractivity contribution in [3.8, 4) is 17.0 Å². The van der Waals surface area contributed by atoms with Gasteiger partial charge in [-0.15, -0.1) is 13.2 Å². The number of halogens is 4. The number of fused-ring (bicyclic) bond motifs is 1. The topological polar surface area (TPSA) is 86.2 Å². The van der Waals surface area contributed by atoms with E-state index in [2.05, 4.69) is 14.7 Å². The second-order valence-electron chi connectivity index (χ2n) is 8.31. The maximum atomic E-state index is 14.1. The van der Waals surface area contributed by atoms with E-state index < -0.39 is 35.7 Å². The summed E-state index contributed by atoms with van der Waals surface area (Å²) in [5, 5.41) is 10.7. The highest BCUT2D eigenvalue weighted by Gasteiger charge is 2.58. The van der Waals surface area contributed by atoms with Crippen LogP contribution >= 0.6 is 0 Å². The third kappa shape index (κ3) is 3.43. The number of aromatic nitrogens is 3. The number of ether oxygens (including phenoxy) is 1. The summed E-state index contributed by atoms with van der Waals surface area (Å²) in [6, 6.07) is 1.11. The Morgan fingerprint density at radius 1 is 1.31 bits per heavy atom. The smallest absolute Gasteiger partial charge is 0.402 e. The molecule has 3 N–H and O–H groups in total. The van der Waals surface area contributed by atoms with E-state index in [4.69, 9.17) is 5.73 Å². The van der Waals surface area contributed by atoms with Gasteiger partial charge < -0.3 is 20.1 Å². The van der Waals surface area contributed by atoms with Crippen LogP contribution in [-0.4, -0.2) is 32.2 Å².